The van der Waals surface area contributed by atoms with Crippen LogP contribution in [0.5, 0.6) is 0 Å². The molecule has 0 atom stereocenters. The van der Waals surface area contributed by atoms with Crippen molar-refractivity contribution >= 4 is 39.0 Å². The Morgan fingerprint density at radius 2 is 1.93 bits per heavy atom. The molecule has 0 radical (unpaired) electrons. The zero-order valence-electron chi connectivity index (χ0n) is 13.9. The highest BCUT2D eigenvalue weighted by Crippen LogP contribution is 2.27. The van der Waals surface area contributed by atoms with Crippen LogP contribution in [-0.4, -0.2) is 14.5 Å². The number of thiophene rings is 1. The Bertz CT molecular complexity index is 1190. The van der Waals surface area contributed by atoms with E-state index in [1.54, 1.807) is 16.7 Å². The molecule has 0 N–H and O–H groups in total. The lowest BCUT2D eigenvalue weighted by Gasteiger charge is -2.12. The molecule has 0 saturated heterocycles. The van der Waals surface area contributed by atoms with Gasteiger partial charge in [-0.05, 0) is 29.1 Å². The number of para-hydroxylation sites is 1. The molecule has 0 saturated carbocycles. The summed E-state index contributed by atoms with van der Waals surface area (Å²) in [5, 5.41) is 13.4. The lowest BCUT2D eigenvalue weighted by molar-refractivity contribution is -0.384. The van der Waals surface area contributed by atoms with E-state index >= 15 is 0 Å². The van der Waals surface area contributed by atoms with Crippen molar-refractivity contribution in [2.75, 3.05) is 0 Å². The molecule has 4 aromatic rings. The van der Waals surface area contributed by atoms with E-state index in [1.807, 2.05) is 47.8 Å². The zero-order valence-corrected chi connectivity index (χ0v) is 15.6. The zero-order chi connectivity index (χ0) is 18.8. The minimum Gasteiger partial charge on any atom is -0.267 e. The second-order valence-electron chi connectivity index (χ2n) is 5.72. The molecule has 0 aliphatic rings. The second-order valence-corrected chi connectivity index (χ2v) is 7.58. The van der Waals surface area contributed by atoms with E-state index < -0.39 is 4.92 Å². The molecule has 6 nitrogen and oxygen atoms in total. The van der Waals surface area contributed by atoms with Crippen molar-refractivity contribution in [3.63, 3.8) is 0 Å². The van der Waals surface area contributed by atoms with Crippen LogP contribution in [0.25, 0.3) is 15.9 Å². The van der Waals surface area contributed by atoms with Crippen molar-refractivity contribution in [2.24, 2.45) is 0 Å². The summed E-state index contributed by atoms with van der Waals surface area (Å²) in [6.45, 7) is 0. The molecule has 2 heterocycles. The number of nitro groups is 1. The van der Waals surface area contributed by atoms with Crippen molar-refractivity contribution < 1.29 is 4.92 Å². The summed E-state index contributed by atoms with van der Waals surface area (Å²) in [4.78, 5) is 28.2. The fourth-order valence-electron chi connectivity index (χ4n) is 2.70. The van der Waals surface area contributed by atoms with Gasteiger partial charge in [0.05, 0.1) is 16.1 Å². The Kier molecular flexibility index (Phi) is 4.74. The molecule has 0 aliphatic heterocycles. The van der Waals surface area contributed by atoms with Gasteiger partial charge in [-0.3, -0.25) is 19.5 Å². The first-order chi connectivity index (χ1) is 13.1. The van der Waals surface area contributed by atoms with Crippen molar-refractivity contribution in [3.05, 3.63) is 92.1 Å². The predicted molar refractivity (Wildman–Crippen MR) is 108 cm³/mol. The van der Waals surface area contributed by atoms with Crippen LogP contribution in [-0.2, 0) is 5.75 Å². The molecule has 0 fully saturated rings. The molecular formula is C19H13N3O3S2. The maximum absolute atomic E-state index is 13.0. The standard InChI is InChI=1S/C19H13N3O3S2/c23-18-17-16(9-10-26-17)20-19(21(18)14-6-2-1-3-7-14)27-12-13-5-4-8-15(11-13)22(24)25/h1-11H,12H2. The van der Waals surface area contributed by atoms with Gasteiger partial charge in [0.2, 0.25) is 0 Å². The van der Waals surface area contributed by atoms with Crippen molar-refractivity contribution in [1.29, 1.82) is 0 Å². The third kappa shape index (κ3) is 3.49. The maximum Gasteiger partial charge on any atom is 0.276 e. The number of fused-ring (bicyclic) bond motifs is 1. The average molecular weight is 395 g/mol. The highest BCUT2D eigenvalue weighted by atomic mass is 32.2. The lowest BCUT2D eigenvalue weighted by Crippen LogP contribution is -2.20. The van der Waals surface area contributed by atoms with Crippen LogP contribution in [0.1, 0.15) is 5.56 Å². The molecular weight excluding hydrogens is 382 g/mol. The minimum atomic E-state index is -0.413. The number of nitrogens with zero attached hydrogens (tertiary/aromatic N) is 3. The van der Waals surface area contributed by atoms with Crippen LogP contribution in [0.15, 0.2) is 76.0 Å². The summed E-state index contributed by atoms with van der Waals surface area (Å²) < 4.78 is 2.21. The quantitative estimate of drug-likeness (QED) is 0.213. The Hall–Kier alpha value is -2.97. The van der Waals surface area contributed by atoms with E-state index in [0.717, 1.165) is 11.3 Å². The smallest absolute Gasteiger partial charge is 0.267 e. The monoisotopic (exact) mass is 395 g/mol. The van der Waals surface area contributed by atoms with E-state index in [9.17, 15) is 14.9 Å². The Labute approximate surface area is 162 Å². The van der Waals surface area contributed by atoms with Crippen LogP contribution >= 0.6 is 23.1 Å². The van der Waals surface area contributed by atoms with Crippen LogP contribution < -0.4 is 5.56 Å². The third-order valence-electron chi connectivity index (χ3n) is 3.95. The fourth-order valence-corrected chi connectivity index (χ4v) is 4.42. The number of nitro benzene ring substituents is 1. The van der Waals surface area contributed by atoms with Crippen LogP contribution in [0.2, 0.25) is 0 Å². The maximum atomic E-state index is 13.0. The van der Waals surface area contributed by atoms with E-state index in [2.05, 4.69) is 4.98 Å². The van der Waals surface area contributed by atoms with Gasteiger partial charge in [-0.2, -0.15) is 0 Å². The van der Waals surface area contributed by atoms with Gasteiger partial charge in [0.15, 0.2) is 5.16 Å². The normalized spacial score (nSPS) is 11.0. The predicted octanol–water partition coefficient (Wildman–Crippen LogP) is 4.65. The Balaban J connectivity index is 1.76. The first kappa shape index (κ1) is 17.4. The molecule has 0 spiro atoms. The molecule has 0 aliphatic carbocycles. The molecule has 2 aromatic carbocycles. The number of benzene rings is 2. The summed E-state index contributed by atoms with van der Waals surface area (Å²) >= 11 is 2.75. The van der Waals surface area contributed by atoms with Gasteiger partial charge in [-0.1, -0.05) is 42.1 Å². The van der Waals surface area contributed by atoms with Gasteiger partial charge in [-0.25, -0.2) is 4.98 Å². The SMILES string of the molecule is O=c1c2sccc2nc(SCc2cccc([N+](=O)[O-])c2)n1-c1ccccc1. The molecule has 8 heteroatoms. The molecule has 4 rings (SSSR count). The molecule has 134 valence electrons. The Morgan fingerprint density at radius 1 is 1.11 bits per heavy atom. The minimum absolute atomic E-state index is 0.0507. The lowest BCUT2D eigenvalue weighted by atomic mass is 10.2. The second kappa shape index (κ2) is 7.34. The average Bonchev–Trinajstić information content (AvgIpc) is 3.16. The largest absolute Gasteiger partial charge is 0.276 e. The highest BCUT2D eigenvalue weighted by Gasteiger charge is 2.15. The summed E-state index contributed by atoms with van der Waals surface area (Å²) in [6.07, 6.45) is 0. The summed E-state index contributed by atoms with van der Waals surface area (Å²) in [6, 6.07) is 17.7. The van der Waals surface area contributed by atoms with Gasteiger partial charge in [0, 0.05) is 17.9 Å². The molecule has 0 unspecified atom stereocenters. The summed E-state index contributed by atoms with van der Waals surface area (Å²) in [7, 11) is 0. The van der Waals surface area contributed by atoms with Crippen LogP contribution in [0.3, 0.4) is 0 Å². The van der Waals surface area contributed by atoms with Gasteiger partial charge >= 0.3 is 0 Å². The number of hydrogen-bond acceptors (Lipinski definition) is 6. The summed E-state index contributed by atoms with van der Waals surface area (Å²) in [5.41, 5.74) is 2.15. The number of hydrogen-bond donors (Lipinski definition) is 0. The fraction of sp³-hybridized carbons (Fsp3) is 0.0526. The number of thioether (sulfide) groups is 1. The molecule has 2 aromatic heterocycles. The van der Waals surface area contributed by atoms with Gasteiger partial charge in [0.1, 0.15) is 4.70 Å². The number of aromatic nitrogens is 2. The molecule has 0 bridgehead atoms. The van der Waals surface area contributed by atoms with E-state index in [-0.39, 0.29) is 11.2 Å². The van der Waals surface area contributed by atoms with E-state index in [4.69, 9.17) is 0 Å². The number of rotatable bonds is 5. The van der Waals surface area contributed by atoms with Crippen molar-refractivity contribution in [3.8, 4) is 5.69 Å². The molecule has 27 heavy (non-hydrogen) atoms. The van der Waals surface area contributed by atoms with Crippen molar-refractivity contribution in [2.45, 2.75) is 10.9 Å². The topological polar surface area (TPSA) is 78.0 Å². The molecule has 0 amide bonds. The van der Waals surface area contributed by atoms with E-state index in [1.165, 1.54) is 29.2 Å². The Morgan fingerprint density at radius 3 is 2.70 bits per heavy atom. The number of non-ortho nitro benzene ring substituents is 1. The summed E-state index contributed by atoms with van der Waals surface area (Å²) in [5.74, 6) is 0.469. The van der Waals surface area contributed by atoms with Gasteiger partial charge in [-0.15, -0.1) is 11.3 Å². The van der Waals surface area contributed by atoms with Crippen molar-refractivity contribution in [1.82, 2.24) is 9.55 Å². The van der Waals surface area contributed by atoms with Crippen LogP contribution in [0, 0.1) is 10.1 Å². The first-order valence-electron chi connectivity index (χ1n) is 8.05. The van der Waals surface area contributed by atoms with Crippen LogP contribution in [0.4, 0.5) is 5.69 Å². The highest BCUT2D eigenvalue weighted by molar-refractivity contribution is 7.98. The first-order valence-corrected chi connectivity index (χ1v) is 9.92. The third-order valence-corrected chi connectivity index (χ3v) is 5.85. The van der Waals surface area contributed by atoms with Gasteiger partial charge in [0.25, 0.3) is 11.2 Å². The van der Waals surface area contributed by atoms with E-state index in [0.29, 0.717) is 21.1 Å². The van der Waals surface area contributed by atoms with Gasteiger partial charge < -0.3 is 0 Å².